The van der Waals surface area contributed by atoms with Crippen LogP contribution >= 0.6 is 11.8 Å². The second kappa shape index (κ2) is 7.62. The molecule has 1 aromatic heterocycles. The zero-order valence-corrected chi connectivity index (χ0v) is 18.2. The molecule has 1 N–H and O–H groups in total. The first-order valence-corrected chi connectivity index (χ1v) is 11.5. The number of ether oxygens (including phenoxy) is 1. The maximum absolute atomic E-state index is 10.1. The minimum absolute atomic E-state index is 0.158. The van der Waals surface area contributed by atoms with E-state index in [1.54, 1.807) is 6.07 Å². The Kier molecular flexibility index (Phi) is 4.94. The molecule has 0 radical (unpaired) electrons. The molecule has 5 rings (SSSR count). The minimum atomic E-state index is 0.158. The summed E-state index contributed by atoms with van der Waals surface area (Å²) in [5.74, 6) is 1.35. The van der Waals surface area contributed by atoms with Gasteiger partial charge in [-0.25, -0.2) is 4.98 Å². The Bertz CT molecular complexity index is 1130. The van der Waals surface area contributed by atoms with E-state index in [1.165, 1.54) is 25.7 Å². The van der Waals surface area contributed by atoms with Crippen molar-refractivity contribution < 1.29 is 9.84 Å². The van der Waals surface area contributed by atoms with Gasteiger partial charge < -0.3 is 9.84 Å². The van der Waals surface area contributed by atoms with Gasteiger partial charge >= 0.3 is 0 Å². The Morgan fingerprint density at radius 1 is 1.03 bits per heavy atom. The van der Waals surface area contributed by atoms with Crippen molar-refractivity contribution in [1.82, 2.24) is 4.98 Å². The summed E-state index contributed by atoms with van der Waals surface area (Å²) in [6, 6.07) is 17.6. The van der Waals surface area contributed by atoms with E-state index in [2.05, 4.69) is 24.9 Å². The van der Waals surface area contributed by atoms with Crippen LogP contribution < -0.4 is 4.74 Å². The van der Waals surface area contributed by atoms with Crippen LogP contribution in [0.5, 0.6) is 17.4 Å². The molecule has 1 fully saturated rings. The van der Waals surface area contributed by atoms with Gasteiger partial charge in [0, 0.05) is 22.3 Å². The van der Waals surface area contributed by atoms with Crippen LogP contribution in [0.4, 0.5) is 0 Å². The maximum atomic E-state index is 10.1. The van der Waals surface area contributed by atoms with Gasteiger partial charge in [0.05, 0.1) is 11.1 Å². The Morgan fingerprint density at radius 3 is 2.77 bits per heavy atom. The van der Waals surface area contributed by atoms with Gasteiger partial charge in [-0.3, -0.25) is 4.99 Å². The summed E-state index contributed by atoms with van der Waals surface area (Å²) in [6.45, 7) is 4.76. The lowest BCUT2D eigenvalue weighted by Crippen LogP contribution is -2.14. The molecule has 0 amide bonds. The van der Waals surface area contributed by atoms with E-state index in [4.69, 9.17) is 9.73 Å². The monoisotopic (exact) mass is 418 g/mol. The lowest BCUT2D eigenvalue weighted by Gasteiger charge is -2.21. The summed E-state index contributed by atoms with van der Waals surface area (Å²) in [6.07, 6.45) is 4.92. The largest absolute Gasteiger partial charge is 0.506 e. The summed E-state index contributed by atoms with van der Waals surface area (Å²) in [4.78, 5) is 9.55. The van der Waals surface area contributed by atoms with E-state index < -0.39 is 0 Å². The Morgan fingerprint density at radius 2 is 1.87 bits per heavy atom. The number of rotatable bonds is 3. The van der Waals surface area contributed by atoms with Crippen molar-refractivity contribution in [1.29, 1.82) is 0 Å². The Labute approximate surface area is 181 Å². The van der Waals surface area contributed by atoms with Crippen molar-refractivity contribution in [2.24, 2.45) is 10.4 Å². The van der Waals surface area contributed by atoms with Crippen molar-refractivity contribution in [2.75, 3.05) is 0 Å². The van der Waals surface area contributed by atoms with Gasteiger partial charge in [0.2, 0.25) is 5.88 Å². The van der Waals surface area contributed by atoms with E-state index in [9.17, 15) is 5.11 Å². The Balaban J connectivity index is 1.36. The summed E-state index contributed by atoms with van der Waals surface area (Å²) in [5, 5.41) is 12.7. The number of phenols is 1. The van der Waals surface area contributed by atoms with E-state index in [0.29, 0.717) is 28.1 Å². The van der Waals surface area contributed by atoms with Crippen LogP contribution in [0.1, 0.15) is 45.1 Å². The van der Waals surface area contributed by atoms with E-state index in [-0.39, 0.29) is 5.75 Å². The first kappa shape index (κ1) is 19.4. The molecule has 2 aliphatic rings. The molecule has 154 valence electrons. The number of nitrogens with zero attached hydrogens (tertiary/aromatic N) is 2. The molecule has 1 saturated carbocycles. The van der Waals surface area contributed by atoms with E-state index in [0.717, 1.165) is 21.7 Å². The molecule has 30 heavy (non-hydrogen) atoms. The van der Waals surface area contributed by atoms with Gasteiger partial charge in [-0.1, -0.05) is 38.1 Å². The van der Waals surface area contributed by atoms with Gasteiger partial charge in [0.25, 0.3) is 0 Å². The fourth-order valence-corrected chi connectivity index (χ4v) is 5.65. The summed E-state index contributed by atoms with van der Waals surface area (Å²) >= 11 is 1.93. The molecule has 4 nitrogen and oxygen atoms in total. The van der Waals surface area contributed by atoms with Gasteiger partial charge in [-0.05, 0) is 55.4 Å². The summed E-state index contributed by atoms with van der Waals surface area (Å²) < 4.78 is 6.02. The molecule has 1 aliphatic heterocycles. The number of hydrogen-bond acceptors (Lipinski definition) is 5. The number of aliphatic imine (C=N–C) groups is 1. The number of benzene rings is 2. The standard InChI is InChI=1S/C25H26N2O2S/c1-25(2)13-11-19-21(12-14-25)30-24(26-19)17-6-3-7-18(15-17)29-22-10-9-16-5-4-8-20(28)23(16)27-22/h3-10,15,19,21,28H,11-14H2,1-2H3/t19-,21+/m0/s1. The predicted molar refractivity (Wildman–Crippen MR) is 124 cm³/mol. The zero-order valence-electron chi connectivity index (χ0n) is 17.3. The SMILES string of the molecule is CC1(C)CC[C@@H]2N=C(c3cccc(Oc4ccc5cccc(O)c5n4)c3)S[C@@H]2CC1. The third-order valence-electron chi connectivity index (χ3n) is 6.17. The fraction of sp³-hybridized carbons (Fsp3) is 0.360. The lowest BCUT2D eigenvalue weighted by molar-refractivity contribution is 0.313. The number of pyridine rings is 1. The third kappa shape index (κ3) is 3.91. The van der Waals surface area contributed by atoms with Gasteiger partial charge in [-0.2, -0.15) is 0 Å². The van der Waals surface area contributed by atoms with Crippen molar-refractivity contribution in [3.8, 4) is 17.4 Å². The van der Waals surface area contributed by atoms with Gasteiger partial charge in [0.15, 0.2) is 0 Å². The van der Waals surface area contributed by atoms with E-state index >= 15 is 0 Å². The minimum Gasteiger partial charge on any atom is -0.506 e. The summed E-state index contributed by atoms with van der Waals surface area (Å²) in [5.41, 5.74) is 2.09. The third-order valence-corrected chi connectivity index (χ3v) is 7.59. The number of fused-ring (bicyclic) bond motifs is 2. The summed E-state index contributed by atoms with van der Waals surface area (Å²) in [7, 11) is 0. The molecule has 5 heteroatoms. The van der Waals surface area contributed by atoms with Crippen LogP contribution in [0.2, 0.25) is 0 Å². The average molecular weight is 419 g/mol. The van der Waals surface area contributed by atoms with Crippen molar-refractivity contribution in [3.05, 3.63) is 60.2 Å². The van der Waals surface area contributed by atoms with Crippen LogP contribution in [0.3, 0.4) is 0 Å². The number of aromatic nitrogens is 1. The number of hydrogen-bond donors (Lipinski definition) is 1. The zero-order chi connectivity index (χ0) is 20.7. The Hall–Kier alpha value is -2.53. The van der Waals surface area contributed by atoms with Crippen molar-refractivity contribution >= 4 is 27.7 Å². The predicted octanol–water partition coefficient (Wildman–Crippen LogP) is 6.56. The normalized spacial score (nSPS) is 22.9. The molecule has 2 aromatic carbocycles. The molecule has 3 aromatic rings. The molecule has 0 saturated heterocycles. The van der Waals surface area contributed by atoms with Gasteiger partial charge in [-0.15, -0.1) is 11.8 Å². The van der Waals surface area contributed by atoms with Crippen molar-refractivity contribution in [3.63, 3.8) is 0 Å². The number of thioether (sulfide) groups is 1. The molecular weight excluding hydrogens is 392 g/mol. The average Bonchev–Trinajstić information content (AvgIpc) is 3.09. The first-order valence-electron chi connectivity index (χ1n) is 10.6. The molecule has 2 heterocycles. The van der Waals surface area contributed by atoms with Crippen LogP contribution in [0, 0.1) is 5.41 Å². The molecule has 0 unspecified atom stereocenters. The molecule has 2 atom stereocenters. The highest BCUT2D eigenvalue weighted by molar-refractivity contribution is 8.15. The second-order valence-corrected chi connectivity index (χ2v) is 10.3. The van der Waals surface area contributed by atoms with Crippen molar-refractivity contribution in [2.45, 2.75) is 50.8 Å². The number of phenolic OH excluding ortho intramolecular Hbond substituents is 1. The number of para-hydroxylation sites is 1. The smallest absolute Gasteiger partial charge is 0.219 e. The molecule has 0 spiro atoms. The van der Waals surface area contributed by atoms with Crippen LogP contribution in [-0.2, 0) is 0 Å². The maximum Gasteiger partial charge on any atom is 0.219 e. The second-order valence-electron chi connectivity index (χ2n) is 9.03. The first-order chi connectivity index (χ1) is 14.5. The topological polar surface area (TPSA) is 54.7 Å². The van der Waals surface area contributed by atoms with Crippen LogP contribution in [-0.4, -0.2) is 26.4 Å². The quantitative estimate of drug-likeness (QED) is 0.523. The molecule has 1 aliphatic carbocycles. The van der Waals surface area contributed by atoms with E-state index in [1.807, 2.05) is 54.2 Å². The molecule has 0 bridgehead atoms. The number of aromatic hydroxyl groups is 1. The highest BCUT2D eigenvalue weighted by atomic mass is 32.2. The highest BCUT2D eigenvalue weighted by Gasteiger charge is 2.36. The van der Waals surface area contributed by atoms with Gasteiger partial charge in [0.1, 0.15) is 17.0 Å². The molecular formula is C25H26N2O2S. The van der Waals surface area contributed by atoms with Crippen LogP contribution in [0.15, 0.2) is 59.6 Å². The fourth-order valence-electron chi connectivity index (χ4n) is 4.31. The highest BCUT2D eigenvalue weighted by Crippen LogP contribution is 2.43. The lowest BCUT2D eigenvalue weighted by atomic mass is 9.85. The van der Waals surface area contributed by atoms with Crippen LogP contribution in [0.25, 0.3) is 10.9 Å².